The van der Waals surface area contributed by atoms with Crippen LogP contribution in [0.2, 0.25) is 0 Å². The SMILES string of the molecule is COc1ccc(OC)c(NC(=O)C[C@@H](C(=O)[O-])[NH+]2CC[NH+](C)CC2)c1. The number of carbonyl (C=O) groups is 2. The largest absolute Gasteiger partial charge is 0.544 e. The molecular formula is C17H26N3O5+. The van der Waals surface area contributed by atoms with E-state index in [1.807, 2.05) is 0 Å². The fourth-order valence-corrected chi connectivity index (χ4v) is 3.04. The van der Waals surface area contributed by atoms with E-state index < -0.39 is 12.0 Å². The Morgan fingerprint density at radius 3 is 2.44 bits per heavy atom. The van der Waals surface area contributed by atoms with Gasteiger partial charge in [0.2, 0.25) is 5.91 Å². The molecule has 1 amide bonds. The number of hydrogen-bond acceptors (Lipinski definition) is 5. The zero-order chi connectivity index (χ0) is 18.4. The van der Waals surface area contributed by atoms with Crippen LogP contribution in [0.1, 0.15) is 6.42 Å². The molecule has 0 radical (unpaired) electrons. The Bertz CT molecular complexity index is 614. The third-order valence-electron chi connectivity index (χ3n) is 4.59. The number of likely N-dealkylation sites (N-methyl/N-ethyl adjacent to an activating group) is 1. The summed E-state index contributed by atoms with van der Waals surface area (Å²) in [5.74, 6) is -0.531. The van der Waals surface area contributed by atoms with Gasteiger partial charge in [0, 0.05) is 6.07 Å². The maximum absolute atomic E-state index is 12.4. The van der Waals surface area contributed by atoms with Gasteiger partial charge in [-0.05, 0) is 12.1 Å². The lowest BCUT2D eigenvalue weighted by Gasteiger charge is -2.33. The monoisotopic (exact) mass is 352 g/mol. The van der Waals surface area contributed by atoms with E-state index in [0.29, 0.717) is 30.3 Å². The molecule has 0 aromatic heterocycles. The summed E-state index contributed by atoms with van der Waals surface area (Å²) in [7, 11) is 5.10. The van der Waals surface area contributed by atoms with Crippen molar-refractivity contribution in [3.05, 3.63) is 18.2 Å². The number of benzene rings is 1. The van der Waals surface area contributed by atoms with Crippen LogP contribution in [-0.2, 0) is 9.59 Å². The number of methoxy groups -OCH3 is 2. The Kier molecular flexibility index (Phi) is 6.60. The third-order valence-corrected chi connectivity index (χ3v) is 4.59. The fourth-order valence-electron chi connectivity index (χ4n) is 3.04. The number of carboxylic acids is 1. The van der Waals surface area contributed by atoms with Crippen LogP contribution in [0.4, 0.5) is 5.69 Å². The second-order valence-corrected chi connectivity index (χ2v) is 6.31. The molecule has 2 rings (SSSR count). The summed E-state index contributed by atoms with van der Waals surface area (Å²) < 4.78 is 10.4. The van der Waals surface area contributed by atoms with Gasteiger partial charge >= 0.3 is 0 Å². The van der Waals surface area contributed by atoms with Gasteiger partial charge in [0.05, 0.1) is 39.3 Å². The zero-order valence-corrected chi connectivity index (χ0v) is 14.9. The maximum atomic E-state index is 12.4. The van der Waals surface area contributed by atoms with Gasteiger partial charge in [-0.3, -0.25) is 4.79 Å². The molecule has 3 N–H and O–H groups in total. The minimum atomic E-state index is -1.19. The molecule has 1 aliphatic heterocycles. The quantitative estimate of drug-likeness (QED) is 0.475. The first-order valence-corrected chi connectivity index (χ1v) is 8.33. The zero-order valence-electron chi connectivity index (χ0n) is 14.9. The van der Waals surface area contributed by atoms with Crippen molar-refractivity contribution >= 4 is 17.6 Å². The Morgan fingerprint density at radius 1 is 1.20 bits per heavy atom. The average Bonchev–Trinajstić information content (AvgIpc) is 2.60. The molecule has 1 fully saturated rings. The third kappa shape index (κ3) is 5.07. The Balaban J connectivity index is 2.05. The van der Waals surface area contributed by atoms with Gasteiger partial charge in [-0.1, -0.05) is 0 Å². The number of carboxylic acid groups (broad SMARTS) is 1. The fraction of sp³-hybridized carbons (Fsp3) is 0.529. The van der Waals surface area contributed by atoms with Gasteiger partial charge in [0.1, 0.15) is 43.7 Å². The number of nitrogens with one attached hydrogen (secondary N) is 3. The van der Waals surface area contributed by atoms with E-state index in [1.54, 1.807) is 18.2 Å². The number of carbonyl (C=O) groups excluding carboxylic acids is 2. The molecule has 0 saturated carbocycles. The highest BCUT2D eigenvalue weighted by Crippen LogP contribution is 2.28. The Hall–Kier alpha value is -2.32. The first-order chi connectivity index (χ1) is 11.9. The molecule has 0 aliphatic carbocycles. The minimum Gasteiger partial charge on any atom is -0.544 e. The van der Waals surface area contributed by atoms with E-state index in [1.165, 1.54) is 19.1 Å². The van der Waals surface area contributed by atoms with Crippen molar-refractivity contribution < 1.29 is 34.0 Å². The van der Waals surface area contributed by atoms with Gasteiger partial charge in [-0.25, -0.2) is 0 Å². The van der Waals surface area contributed by atoms with E-state index in [-0.39, 0.29) is 12.3 Å². The molecule has 1 aliphatic rings. The minimum absolute atomic E-state index is 0.142. The predicted molar refractivity (Wildman–Crippen MR) is 88.9 cm³/mol. The summed E-state index contributed by atoms with van der Waals surface area (Å²) in [4.78, 5) is 26.2. The standard InChI is InChI=1S/C17H25N3O5/c1-19-6-8-20(9-7-19)14(17(22)23)11-16(21)18-13-10-12(24-2)4-5-15(13)25-3/h4-5,10,14H,6-9,11H2,1-3H3,(H,18,21)(H,22,23)/p+1/t14-/m0/s1. The molecule has 25 heavy (non-hydrogen) atoms. The topological polar surface area (TPSA) is 96.6 Å². The van der Waals surface area contributed by atoms with Gasteiger partial charge < -0.3 is 34.5 Å². The van der Waals surface area contributed by atoms with E-state index in [2.05, 4.69) is 12.4 Å². The smallest absolute Gasteiger partial charge is 0.230 e. The molecular weight excluding hydrogens is 326 g/mol. The second kappa shape index (κ2) is 8.68. The lowest BCUT2D eigenvalue weighted by atomic mass is 10.1. The van der Waals surface area contributed by atoms with Crippen LogP contribution in [0.5, 0.6) is 11.5 Å². The Labute approximate surface area is 147 Å². The molecule has 1 atom stereocenters. The number of amides is 1. The molecule has 0 spiro atoms. The highest BCUT2D eigenvalue weighted by Gasteiger charge is 2.31. The average molecular weight is 352 g/mol. The number of piperazine rings is 1. The van der Waals surface area contributed by atoms with E-state index in [9.17, 15) is 14.7 Å². The molecule has 1 heterocycles. The van der Waals surface area contributed by atoms with Crippen LogP contribution < -0.4 is 29.7 Å². The summed E-state index contributed by atoms with van der Waals surface area (Å²) in [6, 6.07) is 4.18. The van der Waals surface area contributed by atoms with Crippen LogP contribution in [0.3, 0.4) is 0 Å². The van der Waals surface area contributed by atoms with Crippen molar-refractivity contribution in [1.29, 1.82) is 0 Å². The van der Waals surface area contributed by atoms with Crippen molar-refractivity contribution in [2.24, 2.45) is 0 Å². The normalized spacial score (nSPS) is 21.2. The predicted octanol–water partition coefficient (Wildman–Crippen LogP) is -3.44. The summed E-state index contributed by atoms with van der Waals surface area (Å²) in [5, 5.41) is 14.2. The molecule has 138 valence electrons. The molecule has 0 unspecified atom stereocenters. The first kappa shape index (κ1) is 19.0. The molecule has 1 aromatic rings. The summed E-state index contributed by atoms with van der Waals surface area (Å²) in [5.41, 5.74) is 0.446. The number of ether oxygens (including phenoxy) is 2. The number of anilines is 1. The maximum Gasteiger partial charge on any atom is 0.230 e. The van der Waals surface area contributed by atoms with Crippen molar-refractivity contribution in [3.63, 3.8) is 0 Å². The Morgan fingerprint density at radius 2 is 1.88 bits per heavy atom. The lowest BCUT2D eigenvalue weighted by molar-refractivity contribution is -1.01. The number of rotatable bonds is 7. The van der Waals surface area contributed by atoms with Gasteiger partial charge in [0.15, 0.2) is 0 Å². The lowest BCUT2D eigenvalue weighted by Crippen LogP contribution is -3.29. The highest BCUT2D eigenvalue weighted by atomic mass is 16.5. The van der Waals surface area contributed by atoms with Crippen LogP contribution in [-0.4, -0.2) is 65.4 Å². The number of aliphatic carboxylic acids is 1. The van der Waals surface area contributed by atoms with Crippen molar-refractivity contribution in [2.75, 3.05) is 52.8 Å². The second-order valence-electron chi connectivity index (χ2n) is 6.31. The molecule has 1 aromatic carbocycles. The summed E-state index contributed by atoms with van der Waals surface area (Å²) in [6.45, 7) is 3.18. The summed E-state index contributed by atoms with van der Waals surface area (Å²) >= 11 is 0. The highest BCUT2D eigenvalue weighted by molar-refractivity contribution is 5.94. The van der Waals surface area contributed by atoms with Crippen LogP contribution in [0.15, 0.2) is 18.2 Å². The van der Waals surface area contributed by atoms with Crippen molar-refractivity contribution in [3.8, 4) is 11.5 Å². The van der Waals surface area contributed by atoms with Gasteiger partial charge in [-0.2, -0.15) is 0 Å². The molecule has 8 nitrogen and oxygen atoms in total. The van der Waals surface area contributed by atoms with Crippen molar-refractivity contribution in [2.45, 2.75) is 12.5 Å². The van der Waals surface area contributed by atoms with Crippen LogP contribution in [0, 0.1) is 0 Å². The number of hydrogen-bond donors (Lipinski definition) is 3. The van der Waals surface area contributed by atoms with Gasteiger partial charge in [0.25, 0.3) is 0 Å². The van der Waals surface area contributed by atoms with Crippen molar-refractivity contribution in [1.82, 2.24) is 0 Å². The van der Waals surface area contributed by atoms with E-state index >= 15 is 0 Å². The summed E-state index contributed by atoms with van der Waals surface area (Å²) in [6.07, 6.45) is -0.142. The van der Waals surface area contributed by atoms with Crippen LogP contribution >= 0.6 is 0 Å². The molecule has 8 heteroatoms. The van der Waals surface area contributed by atoms with Gasteiger partial charge in [-0.15, -0.1) is 0 Å². The van der Waals surface area contributed by atoms with Crippen LogP contribution in [0.25, 0.3) is 0 Å². The molecule has 0 bridgehead atoms. The molecule has 1 saturated heterocycles. The first-order valence-electron chi connectivity index (χ1n) is 8.33. The number of quaternary nitrogens is 2. The van der Waals surface area contributed by atoms with E-state index in [0.717, 1.165) is 18.0 Å². The van der Waals surface area contributed by atoms with E-state index in [4.69, 9.17) is 9.47 Å².